The molecule has 1 aliphatic heterocycles. The van der Waals surface area contributed by atoms with Crippen molar-refractivity contribution in [2.24, 2.45) is 0 Å². The second kappa shape index (κ2) is 6.97. The van der Waals surface area contributed by atoms with E-state index in [0.717, 1.165) is 22.5 Å². The fourth-order valence-electron chi connectivity index (χ4n) is 3.45. The van der Waals surface area contributed by atoms with Crippen molar-refractivity contribution < 1.29 is 9.53 Å². The second-order valence-corrected chi connectivity index (χ2v) is 6.85. The number of rotatable bonds is 4. The highest BCUT2D eigenvalue weighted by molar-refractivity contribution is 6.32. The molecule has 0 saturated heterocycles. The lowest BCUT2D eigenvalue weighted by Gasteiger charge is -2.28. The van der Waals surface area contributed by atoms with Crippen LogP contribution in [0, 0.1) is 6.92 Å². The van der Waals surface area contributed by atoms with E-state index in [1.54, 1.807) is 12.0 Å². The van der Waals surface area contributed by atoms with Crippen molar-refractivity contribution in [3.05, 3.63) is 88.4 Å². The predicted octanol–water partition coefficient (Wildman–Crippen LogP) is 5.43. The number of nitrogens with zero attached hydrogens (tertiary/aromatic N) is 1. The molecule has 0 unspecified atom stereocenters. The highest BCUT2D eigenvalue weighted by Crippen LogP contribution is 2.40. The van der Waals surface area contributed by atoms with E-state index in [9.17, 15) is 4.79 Å². The van der Waals surface area contributed by atoms with Crippen LogP contribution in [-0.2, 0) is 0 Å². The first kappa shape index (κ1) is 17.4. The Morgan fingerprint density at radius 1 is 1.04 bits per heavy atom. The third kappa shape index (κ3) is 3.02. The first-order chi connectivity index (χ1) is 13.1. The van der Waals surface area contributed by atoms with Gasteiger partial charge in [0.1, 0.15) is 11.9 Å². The van der Waals surface area contributed by atoms with Crippen LogP contribution in [0.15, 0.2) is 66.7 Å². The molecule has 3 aromatic carbocycles. The molecule has 1 atom stereocenters. The topological polar surface area (TPSA) is 41.6 Å². The van der Waals surface area contributed by atoms with E-state index in [1.807, 2.05) is 73.7 Å². The number of amides is 1. The summed E-state index contributed by atoms with van der Waals surface area (Å²) in [5.41, 5.74) is 4.39. The predicted molar refractivity (Wildman–Crippen MR) is 109 cm³/mol. The molecule has 0 saturated carbocycles. The summed E-state index contributed by atoms with van der Waals surface area (Å²) in [6.07, 6.45) is -0.320. The van der Waals surface area contributed by atoms with Gasteiger partial charge in [-0.1, -0.05) is 48.0 Å². The minimum absolute atomic E-state index is 0.0167. The second-order valence-electron chi connectivity index (χ2n) is 6.45. The number of aryl methyl sites for hydroxylation is 1. The molecule has 0 fully saturated rings. The number of carbonyl (C=O) groups excluding carboxylic acids is 1. The van der Waals surface area contributed by atoms with Gasteiger partial charge in [0.15, 0.2) is 0 Å². The summed E-state index contributed by atoms with van der Waals surface area (Å²) in [6.45, 7) is 2.01. The van der Waals surface area contributed by atoms with Gasteiger partial charge >= 0.3 is 0 Å². The first-order valence-corrected chi connectivity index (χ1v) is 9.06. The van der Waals surface area contributed by atoms with Crippen molar-refractivity contribution in [3.63, 3.8) is 0 Å². The molecule has 3 aromatic rings. The average molecular weight is 379 g/mol. The van der Waals surface area contributed by atoms with Crippen LogP contribution in [0.4, 0.5) is 11.4 Å². The molecule has 0 aromatic heterocycles. The molecule has 4 rings (SSSR count). The zero-order chi connectivity index (χ0) is 19.0. The largest absolute Gasteiger partial charge is 0.495 e. The van der Waals surface area contributed by atoms with Crippen LogP contribution in [0.1, 0.15) is 27.7 Å². The lowest BCUT2D eigenvalue weighted by atomic mass is 10.1. The molecule has 0 aliphatic carbocycles. The fraction of sp³-hybridized carbons (Fsp3) is 0.136. The highest BCUT2D eigenvalue weighted by Gasteiger charge is 2.38. The fourth-order valence-corrected chi connectivity index (χ4v) is 3.71. The van der Waals surface area contributed by atoms with E-state index in [-0.39, 0.29) is 12.1 Å². The number of carbonyl (C=O) groups is 1. The maximum atomic E-state index is 13.2. The minimum atomic E-state index is -0.320. The number of halogens is 1. The van der Waals surface area contributed by atoms with Crippen molar-refractivity contribution in [2.45, 2.75) is 13.1 Å². The van der Waals surface area contributed by atoms with E-state index < -0.39 is 0 Å². The number of para-hydroxylation sites is 1. The minimum Gasteiger partial charge on any atom is -0.495 e. The zero-order valence-corrected chi connectivity index (χ0v) is 15.8. The lowest BCUT2D eigenvalue weighted by Crippen LogP contribution is -2.32. The molecule has 1 heterocycles. The summed E-state index contributed by atoms with van der Waals surface area (Å²) < 4.78 is 5.23. The Hall–Kier alpha value is -2.98. The van der Waals surface area contributed by atoms with Gasteiger partial charge in [-0.3, -0.25) is 9.69 Å². The Balaban J connectivity index is 1.78. The molecule has 0 radical (unpaired) electrons. The molecule has 5 heteroatoms. The van der Waals surface area contributed by atoms with Gasteiger partial charge in [0.2, 0.25) is 0 Å². The molecule has 136 valence electrons. The third-order valence-electron chi connectivity index (χ3n) is 4.79. The zero-order valence-electron chi connectivity index (χ0n) is 15.1. The van der Waals surface area contributed by atoms with Gasteiger partial charge in [-0.15, -0.1) is 0 Å². The van der Waals surface area contributed by atoms with Gasteiger partial charge in [0.05, 0.1) is 12.1 Å². The third-order valence-corrected chi connectivity index (χ3v) is 5.09. The normalized spacial score (nSPS) is 15.6. The summed E-state index contributed by atoms with van der Waals surface area (Å²) in [5.74, 6) is 0.595. The van der Waals surface area contributed by atoms with Gasteiger partial charge in [0.25, 0.3) is 5.91 Å². The number of ether oxygens (including phenoxy) is 1. The molecular weight excluding hydrogens is 360 g/mol. The smallest absolute Gasteiger partial charge is 0.260 e. The highest BCUT2D eigenvalue weighted by atomic mass is 35.5. The Morgan fingerprint density at radius 3 is 2.52 bits per heavy atom. The van der Waals surface area contributed by atoms with Crippen molar-refractivity contribution >= 4 is 28.9 Å². The van der Waals surface area contributed by atoms with Crippen LogP contribution in [-0.4, -0.2) is 13.0 Å². The lowest BCUT2D eigenvalue weighted by molar-refractivity contribution is 0.0993. The van der Waals surface area contributed by atoms with E-state index in [4.69, 9.17) is 16.3 Å². The molecule has 1 aliphatic rings. The number of hydrogen-bond donors (Lipinski definition) is 1. The molecule has 4 nitrogen and oxygen atoms in total. The van der Waals surface area contributed by atoms with Gasteiger partial charge in [-0.2, -0.15) is 0 Å². The van der Waals surface area contributed by atoms with Crippen LogP contribution in [0.5, 0.6) is 5.75 Å². The van der Waals surface area contributed by atoms with Crippen LogP contribution in [0.3, 0.4) is 0 Å². The Bertz CT molecular complexity index is 1020. The van der Waals surface area contributed by atoms with Crippen LogP contribution in [0.25, 0.3) is 0 Å². The SMILES string of the molecule is COc1ccc(N[C@H]2c3ccccc3C(=O)N2c2ccccc2C)cc1Cl. The van der Waals surface area contributed by atoms with Crippen molar-refractivity contribution in [3.8, 4) is 5.75 Å². The summed E-state index contributed by atoms with van der Waals surface area (Å²) in [7, 11) is 1.58. The molecule has 1 amide bonds. The number of fused-ring (bicyclic) bond motifs is 1. The van der Waals surface area contributed by atoms with Crippen molar-refractivity contribution in [1.29, 1.82) is 0 Å². The average Bonchev–Trinajstić information content (AvgIpc) is 2.95. The number of methoxy groups -OCH3 is 1. The van der Waals surface area contributed by atoms with Gasteiger partial charge < -0.3 is 10.1 Å². The molecule has 0 spiro atoms. The quantitative estimate of drug-likeness (QED) is 0.658. The number of benzene rings is 3. The summed E-state index contributed by atoms with van der Waals surface area (Å²) in [4.78, 5) is 15.0. The molecule has 27 heavy (non-hydrogen) atoms. The molecular formula is C22H19ClN2O2. The summed E-state index contributed by atoms with van der Waals surface area (Å²) in [5, 5.41) is 3.98. The van der Waals surface area contributed by atoms with Gasteiger partial charge in [0, 0.05) is 22.5 Å². The van der Waals surface area contributed by atoms with Crippen molar-refractivity contribution in [2.75, 3.05) is 17.3 Å². The maximum absolute atomic E-state index is 13.2. The van der Waals surface area contributed by atoms with E-state index in [0.29, 0.717) is 16.3 Å². The van der Waals surface area contributed by atoms with E-state index in [2.05, 4.69) is 5.32 Å². The monoisotopic (exact) mass is 378 g/mol. The Kier molecular flexibility index (Phi) is 4.50. The Morgan fingerprint density at radius 2 is 1.78 bits per heavy atom. The Labute approximate surface area is 163 Å². The number of hydrogen-bond acceptors (Lipinski definition) is 3. The summed E-state index contributed by atoms with van der Waals surface area (Å²) in [6, 6.07) is 21.1. The maximum Gasteiger partial charge on any atom is 0.260 e. The number of anilines is 2. The number of nitrogens with one attached hydrogen (secondary N) is 1. The van der Waals surface area contributed by atoms with Crippen LogP contribution in [0.2, 0.25) is 5.02 Å². The van der Waals surface area contributed by atoms with E-state index >= 15 is 0 Å². The van der Waals surface area contributed by atoms with Gasteiger partial charge in [-0.05, 0) is 42.8 Å². The first-order valence-electron chi connectivity index (χ1n) is 8.68. The van der Waals surface area contributed by atoms with Gasteiger partial charge in [-0.25, -0.2) is 0 Å². The van der Waals surface area contributed by atoms with Crippen molar-refractivity contribution in [1.82, 2.24) is 0 Å². The van der Waals surface area contributed by atoms with E-state index in [1.165, 1.54) is 0 Å². The summed E-state index contributed by atoms with van der Waals surface area (Å²) >= 11 is 6.28. The standard InChI is InChI=1S/C22H19ClN2O2/c1-14-7-3-6-10-19(14)25-21(16-8-4-5-9-17(16)22(25)26)24-15-11-12-20(27-2)18(23)13-15/h3-13,21,24H,1-2H3/t21-/m1/s1. The van der Waals surface area contributed by atoms with Crippen LogP contribution < -0.4 is 15.0 Å². The molecule has 0 bridgehead atoms. The molecule has 1 N–H and O–H groups in total. The van der Waals surface area contributed by atoms with Crippen LogP contribution >= 0.6 is 11.6 Å².